The lowest BCUT2D eigenvalue weighted by Crippen LogP contribution is -2.12. The third-order valence-corrected chi connectivity index (χ3v) is 3.15. The van der Waals surface area contributed by atoms with Crippen LogP contribution < -0.4 is 0 Å². The molecule has 15 heavy (non-hydrogen) atoms. The second-order valence-corrected chi connectivity index (χ2v) is 4.36. The van der Waals surface area contributed by atoms with Crippen LogP contribution in [-0.4, -0.2) is 5.78 Å². The zero-order valence-corrected chi connectivity index (χ0v) is 10.2. The number of hydrogen-bond donors (Lipinski definition) is 0. The standard InChI is InChI=1S/C10H8F3IO/c1-5-3-7(6(2)15)8(4-9(5)14)10(11,12)13/h3-4H,1-2H3. The van der Waals surface area contributed by atoms with Crippen molar-refractivity contribution in [1.82, 2.24) is 0 Å². The molecule has 0 unspecified atom stereocenters. The van der Waals surface area contributed by atoms with Gasteiger partial charge >= 0.3 is 6.18 Å². The first kappa shape index (κ1) is 12.5. The van der Waals surface area contributed by atoms with E-state index in [-0.39, 0.29) is 5.56 Å². The van der Waals surface area contributed by atoms with Gasteiger partial charge in [0.25, 0.3) is 0 Å². The van der Waals surface area contributed by atoms with Gasteiger partial charge in [0.15, 0.2) is 5.78 Å². The molecule has 0 amide bonds. The fraction of sp³-hybridized carbons (Fsp3) is 0.300. The van der Waals surface area contributed by atoms with Crippen LogP contribution in [0.4, 0.5) is 13.2 Å². The summed E-state index contributed by atoms with van der Waals surface area (Å²) < 4.78 is 38.2. The van der Waals surface area contributed by atoms with Gasteiger partial charge < -0.3 is 0 Å². The highest BCUT2D eigenvalue weighted by atomic mass is 127. The maximum absolute atomic E-state index is 12.6. The molecule has 5 heteroatoms. The van der Waals surface area contributed by atoms with Crippen LogP contribution in [0.25, 0.3) is 0 Å². The summed E-state index contributed by atoms with van der Waals surface area (Å²) in [5.74, 6) is -0.568. The lowest BCUT2D eigenvalue weighted by molar-refractivity contribution is -0.137. The number of alkyl halides is 3. The van der Waals surface area contributed by atoms with E-state index in [1.807, 2.05) is 22.6 Å². The molecule has 1 rings (SSSR count). The van der Waals surface area contributed by atoms with Crippen molar-refractivity contribution < 1.29 is 18.0 Å². The van der Waals surface area contributed by atoms with Gasteiger partial charge in [-0.15, -0.1) is 0 Å². The van der Waals surface area contributed by atoms with Gasteiger partial charge in [-0.2, -0.15) is 13.2 Å². The van der Waals surface area contributed by atoms with Crippen LogP contribution in [0.3, 0.4) is 0 Å². The van der Waals surface area contributed by atoms with Crippen LogP contribution in [0.5, 0.6) is 0 Å². The average molecular weight is 328 g/mol. The van der Waals surface area contributed by atoms with Crippen LogP contribution in [0.2, 0.25) is 0 Å². The van der Waals surface area contributed by atoms with Gasteiger partial charge in [0.1, 0.15) is 0 Å². The van der Waals surface area contributed by atoms with Gasteiger partial charge in [0.05, 0.1) is 5.56 Å². The molecule has 1 nitrogen and oxygen atoms in total. The van der Waals surface area contributed by atoms with Gasteiger partial charge in [-0.05, 0) is 54.1 Å². The van der Waals surface area contributed by atoms with E-state index >= 15 is 0 Å². The number of Topliss-reactive ketones (excluding diaryl/α,β-unsaturated/α-hetero) is 1. The van der Waals surface area contributed by atoms with E-state index in [1.54, 1.807) is 6.92 Å². The molecular weight excluding hydrogens is 320 g/mol. The fourth-order valence-corrected chi connectivity index (χ4v) is 1.67. The van der Waals surface area contributed by atoms with Crippen molar-refractivity contribution >= 4 is 28.4 Å². The summed E-state index contributed by atoms with van der Waals surface area (Å²) in [7, 11) is 0. The van der Waals surface area contributed by atoms with E-state index in [2.05, 4.69) is 0 Å². The number of ketones is 1. The quantitative estimate of drug-likeness (QED) is 0.566. The molecule has 0 bridgehead atoms. The Bertz CT molecular complexity index is 410. The molecule has 0 aliphatic carbocycles. The maximum Gasteiger partial charge on any atom is 0.417 e. The van der Waals surface area contributed by atoms with Crippen molar-refractivity contribution in [2.75, 3.05) is 0 Å². The van der Waals surface area contributed by atoms with Gasteiger partial charge in [0, 0.05) is 9.13 Å². The molecule has 1 aromatic carbocycles. The molecular formula is C10H8F3IO. The molecule has 0 N–H and O–H groups in total. The molecule has 0 radical (unpaired) electrons. The Morgan fingerprint density at radius 3 is 2.27 bits per heavy atom. The van der Waals surface area contributed by atoms with E-state index in [0.29, 0.717) is 9.13 Å². The van der Waals surface area contributed by atoms with E-state index in [0.717, 1.165) is 13.0 Å². The Labute approximate surface area is 98.8 Å². The molecule has 0 saturated heterocycles. The highest BCUT2D eigenvalue weighted by Crippen LogP contribution is 2.34. The largest absolute Gasteiger partial charge is 0.417 e. The summed E-state index contributed by atoms with van der Waals surface area (Å²) in [6.45, 7) is 2.81. The lowest BCUT2D eigenvalue weighted by Gasteiger charge is -2.12. The summed E-state index contributed by atoms with van der Waals surface area (Å²) in [4.78, 5) is 11.1. The fourth-order valence-electron chi connectivity index (χ4n) is 1.21. The van der Waals surface area contributed by atoms with Crippen LogP contribution >= 0.6 is 22.6 Å². The van der Waals surface area contributed by atoms with Crippen molar-refractivity contribution in [3.05, 3.63) is 32.4 Å². The molecule has 0 saturated carbocycles. The van der Waals surface area contributed by atoms with Crippen LogP contribution in [0.1, 0.15) is 28.4 Å². The van der Waals surface area contributed by atoms with Crippen LogP contribution in [0.15, 0.2) is 12.1 Å². The number of benzene rings is 1. The second-order valence-electron chi connectivity index (χ2n) is 3.20. The zero-order valence-electron chi connectivity index (χ0n) is 8.07. The summed E-state index contributed by atoms with van der Waals surface area (Å²) in [6, 6.07) is 2.29. The molecule has 0 heterocycles. The molecule has 0 atom stereocenters. The average Bonchev–Trinajstić information content (AvgIpc) is 2.06. The lowest BCUT2D eigenvalue weighted by atomic mass is 10.0. The highest BCUT2D eigenvalue weighted by Gasteiger charge is 2.34. The number of aryl methyl sites for hydroxylation is 1. The zero-order chi connectivity index (χ0) is 11.8. The normalized spacial score (nSPS) is 11.6. The van der Waals surface area contributed by atoms with Crippen molar-refractivity contribution in [2.24, 2.45) is 0 Å². The summed E-state index contributed by atoms with van der Waals surface area (Å²) in [5.41, 5.74) is -0.445. The summed E-state index contributed by atoms with van der Waals surface area (Å²) in [5, 5.41) is 0. The van der Waals surface area contributed by atoms with Crippen molar-refractivity contribution in [2.45, 2.75) is 20.0 Å². The SMILES string of the molecule is CC(=O)c1cc(C)c(I)cc1C(F)(F)F. The highest BCUT2D eigenvalue weighted by molar-refractivity contribution is 14.1. The first-order valence-electron chi connectivity index (χ1n) is 4.11. The Morgan fingerprint density at radius 1 is 1.33 bits per heavy atom. The Hall–Kier alpha value is -0.590. The Morgan fingerprint density at radius 2 is 1.87 bits per heavy atom. The Balaban J connectivity index is 3.49. The van der Waals surface area contributed by atoms with E-state index < -0.39 is 17.5 Å². The smallest absolute Gasteiger partial charge is 0.294 e. The minimum atomic E-state index is -4.48. The predicted molar refractivity (Wildman–Crippen MR) is 58.9 cm³/mol. The molecule has 0 aliphatic heterocycles. The topological polar surface area (TPSA) is 17.1 Å². The van der Waals surface area contributed by atoms with Gasteiger partial charge in [-0.25, -0.2) is 0 Å². The number of rotatable bonds is 1. The van der Waals surface area contributed by atoms with Gasteiger partial charge in [0.2, 0.25) is 0 Å². The second kappa shape index (κ2) is 4.11. The minimum Gasteiger partial charge on any atom is -0.294 e. The molecule has 0 spiro atoms. The first-order chi connectivity index (χ1) is 6.73. The minimum absolute atomic E-state index is 0.264. The molecule has 1 aromatic rings. The van der Waals surface area contributed by atoms with Gasteiger partial charge in [-0.1, -0.05) is 0 Å². The van der Waals surface area contributed by atoms with E-state index in [9.17, 15) is 18.0 Å². The number of carbonyl (C=O) groups excluding carboxylic acids is 1. The number of hydrogen-bond acceptors (Lipinski definition) is 1. The van der Waals surface area contributed by atoms with Crippen molar-refractivity contribution in [3.63, 3.8) is 0 Å². The van der Waals surface area contributed by atoms with Gasteiger partial charge in [-0.3, -0.25) is 4.79 Å². The number of halogens is 4. The summed E-state index contributed by atoms with van der Waals surface area (Å²) >= 11 is 1.82. The maximum atomic E-state index is 12.6. The molecule has 0 aliphatic rings. The monoisotopic (exact) mass is 328 g/mol. The summed E-state index contributed by atoms with van der Waals surface area (Å²) in [6.07, 6.45) is -4.48. The molecule has 0 fully saturated rings. The van der Waals surface area contributed by atoms with Crippen molar-refractivity contribution in [3.8, 4) is 0 Å². The van der Waals surface area contributed by atoms with Crippen molar-refractivity contribution in [1.29, 1.82) is 0 Å². The van der Waals surface area contributed by atoms with E-state index in [1.165, 1.54) is 6.07 Å². The Kier molecular flexibility index (Phi) is 3.42. The van der Waals surface area contributed by atoms with E-state index in [4.69, 9.17) is 0 Å². The molecule has 0 aromatic heterocycles. The van der Waals surface area contributed by atoms with Crippen LogP contribution in [-0.2, 0) is 6.18 Å². The number of carbonyl (C=O) groups is 1. The third-order valence-electron chi connectivity index (χ3n) is 1.98. The van der Waals surface area contributed by atoms with Crippen LogP contribution in [0, 0.1) is 10.5 Å². The molecule has 82 valence electrons. The third kappa shape index (κ3) is 2.70. The predicted octanol–water partition coefficient (Wildman–Crippen LogP) is 3.82. The first-order valence-corrected chi connectivity index (χ1v) is 5.19.